The molecule has 0 spiro atoms. The van der Waals surface area contributed by atoms with Crippen LogP contribution in [0.25, 0.3) is 0 Å². The van der Waals surface area contributed by atoms with Crippen molar-refractivity contribution in [2.45, 2.75) is 103 Å². The standard InChI is InChI=1S/C22H36N2/c1-5-17-13-14-18(6-2)23(17)21-11-9-10-12-22(21)24-19(7-3)15-16-20(24)8-4/h9-12,17-20H,5-8,13-16H2,1-4H3/t17-,18?,19-,20?/m0/s1. The first-order valence-electron chi connectivity index (χ1n) is 10.4. The molecule has 0 aliphatic carbocycles. The van der Waals surface area contributed by atoms with Gasteiger partial charge in [-0.15, -0.1) is 0 Å². The first-order valence-corrected chi connectivity index (χ1v) is 10.4. The van der Waals surface area contributed by atoms with E-state index in [9.17, 15) is 0 Å². The van der Waals surface area contributed by atoms with E-state index in [0.717, 1.165) is 24.2 Å². The minimum Gasteiger partial charge on any atom is -0.364 e. The van der Waals surface area contributed by atoms with Gasteiger partial charge in [-0.05, 0) is 63.5 Å². The summed E-state index contributed by atoms with van der Waals surface area (Å²) >= 11 is 0. The van der Waals surface area contributed by atoms with Crippen molar-refractivity contribution in [3.8, 4) is 0 Å². The van der Waals surface area contributed by atoms with Crippen LogP contribution in [0.1, 0.15) is 79.1 Å². The molecule has 2 aliphatic heterocycles. The topological polar surface area (TPSA) is 6.48 Å². The minimum absolute atomic E-state index is 0.721. The van der Waals surface area contributed by atoms with E-state index < -0.39 is 0 Å². The van der Waals surface area contributed by atoms with Crippen molar-refractivity contribution in [3.05, 3.63) is 24.3 Å². The second kappa shape index (κ2) is 7.80. The minimum atomic E-state index is 0.721. The Morgan fingerprint density at radius 2 is 0.917 bits per heavy atom. The normalized spacial score (nSPS) is 30.3. The highest BCUT2D eigenvalue weighted by Gasteiger charge is 2.37. The van der Waals surface area contributed by atoms with E-state index >= 15 is 0 Å². The van der Waals surface area contributed by atoms with Crippen molar-refractivity contribution in [2.75, 3.05) is 9.80 Å². The average molecular weight is 329 g/mol. The summed E-state index contributed by atoms with van der Waals surface area (Å²) in [5.74, 6) is 0. The summed E-state index contributed by atoms with van der Waals surface area (Å²) in [5.41, 5.74) is 3.01. The molecular weight excluding hydrogens is 292 g/mol. The number of hydrogen-bond acceptors (Lipinski definition) is 2. The fraction of sp³-hybridized carbons (Fsp3) is 0.727. The summed E-state index contributed by atoms with van der Waals surface area (Å²) in [6, 6.07) is 12.2. The van der Waals surface area contributed by atoms with Gasteiger partial charge >= 0.3 is 0 Å². The van der Waals surface area contributed by atoms with Crippen LogP contribution >= 0.6 is 0 Å². The van der Waals surface area contributed by atoms with E-state index in [-0.39, 0.29) is 0 Å². The number of para-hydroxylation sites is 2. The van der Waals surface area contributed by atoms with E-state index in [1.807, 2.05) is 0 Å². The van der Waals surface area contributed by atoms with Gasteiger partial charge in [0.1, 0.15) is 0 Å². The molecule has 2 heterocycles. The highest BCUT2D eigenvalue weighted by molar-refractivity contribution is 5.73. The van der Waals surface area contributed by atoms with Crippen LogP contribution in [-0.4, -0.2) is 24.2 Å². The fourth-order valence-electron chi connectivity index (χ4n) is 5.21. The van der Waals surface area contributed by atoms with Crippen molar-refractivity contribution in [2.24, 2.45) is 0 Å². The molecule has 1 aromatic carbocycles. The number of benzene rings is 1. The van der Waals surface area contributed by atoms with Gasteiger partial charge in [0, 0.05) is 24.2 Å². The number of nitrogens with zero attached hydrogens (tertiary/aromatic N) is 2. The van der Waals surface area contributed by atoms with Crippen LogP contribution in [0.2, 0.25) is 0 Å². The second-order valence-electron chi connectivity index (χ2n) is 7.71. The maximum atomic E-state index is 2.78. The Bertz CT molecular complexity index is 455. The Morgan fingerprint density at radius 3 is 1.17 bits per heavy atom. The third-order valence-corrected chi connectivity index (χ3v) is 6.56. The highest BCUT2D eigenvalue weighted by Crippen LogP contribution is 2.43. The smallest absolute Gasteiger partial charge is 0.0609 e. The lowest BCUT2D eigenvalue weighted by Gasteiger charge is -2.39. The zero-order valence-corrected chi connectivity index (χ0v) is 16.2. The summed E-state index contributed by atoms with van der Waals surface area (Å²) in [6.45, 7) is 9.44. The second-order valence-corrected chi connectivity index (χ2v) is 7.71. The maximum Gasteiger partial charge on any atom is 0.0609 e. The summed E-state index contributed by atoms with van der Waals surface area (Å²) in [6.07, 6.45) is 10.5. The van der Waals surface area contributed by atoms with Crippen LogP contribution < -0.4 is 9.80 Å². The third-order valence-electron chi connectivity index (χ3n) is 6.56. The number of hydrogen-bond donors (Lipinski definition) is 0. The van der Waals surface area contributed by atoms with Gasteiger partial charge in [0.25, 0.3) is 0 Å². The molecular formula is C22H36N2. The molecule has 2 heteroatoms. The molecule has 0 amide bonds. The summed E-state index contributed by atoms with van der Waals surface area (Å²) in [5, 5.41) is 0. The maximum absolute atomic E-state index is 2.78. The molecule has 0 bridgehead atoms. The molecule has 0 aromatic heterocycles. The van der Waals surface area contributed by atoms with Crippen molar-refractivity contribution in [1.29, 1.82) is 0 Å². The third kappa shape index (κ3) is 3.05. The summed E-state index contributed by atoms with van der Waals surface area (Å²) < 4.78 is 0. The molecule has 2 fully saturated rings. The first-order chi connectivity index (χ1) is 11.7. The van der Waals surface area contributed by atoms with Crippen LogP contribution in [0.4, 0.5) is 11.4 Å². The van der Waals surface area contributed by atoms with Crippen LogP contribution in [0.15, 0.2) is 24.3 Å². The molecule has 3 rings (SSSR count). The van der Waals surface area contributed by atoms with Crippen molar-refractivity contribution < 1.29 is 0 Å². The predicted octanol–water partition coefficient (Wildman–Crippen LogP) is 6.00. The van der Waals surface area contributed by atoms with Crippen LogP contribution in [0, 0.1) is 0 Å². The Balaban J connectivity index is 2.01. The molecule has 0 radical (unpaired) electrons. The lowest BCUT2D eigenvalue weighted by molar-refractivity contribution is 0.580. The molecule has 2 aliphatic rings. The van der Waals surface area contributed by atoms with Gasteiger partial charge in [-0.1, -0.05) is 39.8 Å². The van der Waals surface area contributed by atoms with Gasteiger partial charge in [-0.2, -0.15) is 0 Å². The summed E-state index contributed by atoms with van der Waals surface area (Å²) in [7, 11) is 0. The summed E-state index contributed by atoms with van der Waals surface area (Å²) in [4.78, 5) is 5.57. The van der Waals surface area contributed by atoms with E-state index in [4.69, 9.17) is 0 Å². The highest BCUT2D eigenvalue weighted by atomic mass is 15.3. The van der Waals surface area contributed by atoms with Gasteiger partial charge in [0.05, 0.1) is 11.4 Å². The van der Waals surface area contributed by atoms with E-state index in [0.29, 0.717) is 0 Å². The lowest BCUT2D eigenvalue weighted by Crippen LogP contribution is -2.40. The van der Waals surface area contributed by atoms with Gasteiger partial charge in [-0.25, -0.2) is 0 Å². The van der Waals surface area contributed by atoms with Gasteiger partial charge in [0.2, 0.25) is 0 Å². The Morgan fingerprint density at radius 1 is 0.625 bits per heavy atom. The zero-order valence-electron chi connectivity index (χ0n) is 16.2. The molecule has 134 valence electrons. The predicted molar refractivity (Wildman–Crippen MR) is 106 cm³/mol. The van der Waals surface area contributed by atoms with E-state index in [1.54, 1.807) is 0 Å². The molecule has 2 saturated heterocycles. The Labute approximate surface area is 149 Å². The average Bonchev–Trinajstić information content (AvgIpc) is 3.24. The van der Waals surface area contributed by atoms with Crippen molar-refractivity contribution in [3.63, 3.8) is 0 Å². The molecule has 24 heavy (non-hydrogen) atoms. The van der Waals surface area contributed by atoms with Crippen LogP contribution in [0.5, 0.6) is 0 Å². The lowest BCUT2D eigenvalue weighted by atomic mass is 10.1. The quantitative estimate of drug-likeness (QED) is 0.631. The van der Waals surface area contributed by atoms with Crippen LogP contribution in [-0.2, 0) is 0 Å². The van der Waals surface area contributed by atoms with Gasteiger partial charge < -0.3 is 9.80 Å². The molecule has 0 saturated carbocycles. The zero-order chi connectivity index (χ0) is 17.1. The SMILES string of the molecule is CCC1CC[C@H](CC)N1c1ccccc1N1C(CC)CC[C@@H]1CC. The fourth-order valence-corrected chi connectivity index (χ4v) is 5.21. The van der Waals surface area contributed by atoms with Gasteiger partial charge in [0.15, 0.2) is 0 Å². The largest absolute Gasteiger partial charge is 0.364 e. The van der Waals surface area contributed by atoms with Crippen molar-refractivity contribution in [1.82, 2.24) is 0 Å². The van der Waals surface area contributed by atoms with E-state index in [1.165, 1.54) is 62.7 Å². The number of anilines is 2. The van der Waals surface area contributed by atoms with Gasteiger partial charge in [-0.3, -0.25) is 0 Å². The first kappa shape index (κ1) is 17.6. The molecule has 4 atom stereocenters. The van der Waals surface area contributed by atoms with Crippen molar-refractivity contribution >= 4 is 11.4 Å². The van der Waals surface area contributed by atoms with Crippen LogP contribution in [0.3, 0.4) is 0 Å². The molecule has 2 unspecified atom stereocenters. The Kier molecular flexibility index (Phi) is 5.73. The molecule has 1 aromatic rings. The molecule has 2 nitrogen and oxygen atoms in total. The molecule has 0 N–H and O–H groups in total. The van der Waals surface area contributed by atoms with E-state index in [2.05, 4.69) is 61.8 Å². The Hall–Kier alpha value is -1.18. The monoisotopic (exact) mass is 328 g/mol. The number of rotatable bonds is 6.